The summed E-state index contributed by atoms with van der Waals surface area (Å²) < 4.78 is 1.96. The summed E-state index contributed by atoms with van der Waals surface area (Å²) in [6.45, 7) is 9.96. The van der Waals surface area contributed by atoms with Crippen molar-refractivity contribution in [1.82, 2.24) is 14.7 Å². The van der Waals surface area contributed by atoms with Crippen LogP contribution in [0.3, 0.4) is 0 Å². The van der Waals surface area contributed by atoms with E-state index < -0.39 is 11.9 Å². The van der Waals surface area contributed by atoms with Crippen molar-refractivity contribution >= 4 is 17.7 Å². The first-order valence-electron chi connectivity index (χ1n) is 9.17. The van der Waals surface area contributed by atoms with Crippen LogP contribution < -0.4 is 5.32 Å². The Morgan fingerprint density at radius 3 is 2.72 bits per heavy atom. The number of urea groups is 1. The van der Waals surface area contributed by atoms with E-state index in [0.29, 0.717) is 13.0 Å². The van der Waals surface area contributed by atoms with E-state index in [9.17, 15) is 14.7 Å². The maximum absolute atomic E-state index is 12.7. The van der Waals surface area contributed by atoms with Gasteiger partial charge in [0.1, 0.15) is 0 Å². The van der Waals surface area contributed by atoms with Gasteiger partial charge in [0, 0.05) is 19.6 Å². The van der Waals surface area contributed by atoms with Crippen molar-refractivity contribution in [2.75, 3.05) is 18.4 Å². The van der Waals surface area contributed by atoms with Crippen LogP contribution in [0.15, 0.2) is 6.20 Å². The van der Waals surface area contributed by atoms with Crippen molar-refractivity contribution in [2.45, 2.75) is 59.4 Å². The summed E-state index contributed by atoms with van der Waals surface area (Å²) in [6, 6.07) is -0.241. The highest BCUT2D eigenvalue weighted by molar-refractivity contribution is 5.90. The number of aromatic nitrogens is 2. The summed E-state index contributed by atoms with van der Waals surface area (Å²) in [5.74, 6) is -0.912. The van der Waals surface area contributed by atoms with Gasteiger partial charge in [0.15, 0.2) is 0 Å². The molecule has 1 aliphatic rings. The Kier molecular flexibility index (Phi) is 6.45. The van der Waals surface area contributed by atoms with Crippen LogP contribution in [0.1, 0.15) is 58.6 Å². The second kappa shape index (κ2) is 8.36. The predicted octanol–water partition coefficient (Wildman–Crippen LogP) is 3.38. The van der Waals surface area contributed by atoms with Crippen molar-refractivity contribution in [1.29, 1.82) is 0 Å². The van der Waals surface area contributed by atoms with E-state index >= 15 is 0 Å². The number of hydrogen-bond donors (Lipinski definition) is 2. The van der Waals surface area contributed by atoms with E-state index in [1.807, 2.05) is 11.6 Å². The molecule has 2 heterocycles. The van der Waals surface area contributed by atoms with Gasteiger partial charge >= 0.3 is 12.0 Å². The third-order valence-corrected chi connectivity index (χ3v) is 4.69. The molecule has 2 atom stereocenters. The Bertz CT molecular complexity index is 611. The second-order valence-corrected chi connectivity index (χ2v) is 7.39. The van der Waals surface area contributed by atoms with Crippen LogP contribution in [-0.2, 0) is 11.3 Å². The fraction of sp³-hybridized carbons (Fsp3) is 0.722. The Morgan fingerprint density at radius 2 is 2.12 bits per heavy atom. The molecule has 1 saturated heterocycles. The fourth-order valence-electron chi connectivity index (χ4n) is 3.48. The van der Waals surface area contributed by atoms with Crippen molar-refractivity contribution in [3.8, 4) is 0 Å². The molecule has 1 aromatic heterocycles. The minimum absolute atomic E-state index is 0.178. The molecule has 25 heavy (non-hydrogen) atoms. The molecule has 1 fully saturated rings. The summed E-state index contributed by atoms with van der Waals surface area (Å²) in [5.41, 5.74) is 1.74. The van der Waals surface area contributed by atoms with Gasteiger partial charge in [0.05, 0.1) is 23.5 Å². The number of rotatable bonds is 6. The standard InChI is InChI=1S/C18H30N4O3/c1-5-6-7-22-16(12(2)3)15(9-19-22)20-18(25)21-10-13(4)8-14(11-21)17(23)24/h9,12-14H,5-8,10-11H2,1-4H3,(H,20,25)(H,23,24). The Labute approximate surface area is 149 Å². The molecule has 0 saturated carbocycles. The van der Waals surface area contributed by atoms with Crippen LogP contribution in [0.4, 0.5) is 10.5 Å². The number of aryl methyl sites for hydroxylation is 1. The average molecular weight is 350 g/mol. The van der Waals surface area contributed by atoms with Crippen LogP contribution in [0.25, 0.3) is 0 Å². The number of likely N-dealkylation sites (tertiary alicyclic amines) is 1. The number of carboxylic acid groups (broad SMARTS) is 1. The van der Waals surface area contributed by atoms with Crippen LogP contribution >= 0.6 is 0 Å². The van der Waals surface area contributed by atoms with Gasteiger partial charge in [-0.1, -0.05) is 34.1 Å². The molecule has 0 aromatic carbocycles. The zero-order valence-electron chi connectivity index (χ0n) is 15.7. The van der Waals surface area contributed by atoms with Gasteiger partial charge in [-0.15, -0.1) is 0 Å². The van der Waals surface area contributed by atoms with Gasteiger partial charge in [0.25, 0.3) is 0 Å². The summed E-state index contributed by atoms with van der Waals surface area (Å²) in [7, 11) is 0. The molecule has 1 aromatic rings. The quantitative estimate of drug-likeness (QED) is 0.823. The minimum atomic E-state index is -0.834. The topological polar surface area (TPSA) is 87.5 Å². The van der Waals surface area contributed by atoms with E-state index in [2.05, 4.69) is 31.2 Å². The van der Waals surface area contributed by atoms with Gasteiger partial charge in [-0.05, 0) is 24.7 Å². The maximum Gasteiger partial charge on any atom is 0.321 e. The first-order valence-corrected chi connectivity index (χ1v) is 9.17. The van der Waals surface area contributed by atoms with Crippen molar-refractivity contribution < 1.29 is 14.7 Å². The first-order chi connectivity index (χ1) is 11.8. The number of carboxylic acids is 1. The number of carbonyl (C=O) groups is 2. The lowest BCUT2D eigenvalue weighted by molar-refractivity contribution is -0.143. The number of amides is 2. The summed E-state index contributed by atoms with van der Waals surface area (Å²) in [6.07, 6.45) is 4.44. The Morgan fingerprint density at radius 1 is 1.40 bits per heavy atom. The van der Waals surface area contributed by atoms with E-state index in [1.165, 1.54) is 0 Å². The number of nitrogens with zero attached hydrogens (tertiary/aromatic N) is 3. The van der Waals surface area contributed by atoms with Gasteiger partial charge in [0.2, 0.25) is 0 Å². The fourth-order valence-corrected chi connectivity index (χ4v) is 3.48. The Hall–Kier alpha value is -2.05. The molecule has 1 aliphatic heterocycles. The smallest absolute Gasteiger partial charge is 0.321 e. The molecule has 7 nitrogen and oxygen atoms in total. The number of aliphatic carboxylic acids is 1. The summed E-state index contributed by atoms with van der Waals surface area (Å²) in [4.78, 5) is 25.6. The van der Waals surface area contributed by atoms with Crippen molar-refractivity contribution in [3.63, 3.8) is 0 Å². The van der Waals surface area contributed by atoms with Gasteiger partial charge in [-0.3, -0.25) is 9.48 Å². The summed E-state index contributed by atoms with van der Waals surface area (Å²) >= 11 is 0. The lowest BCUT2D eigenvalue weighted by Gasteiger charge is -2.34. The third kappa shape index (κ3) is 4.74. The molecule has 2 amide bonds. The molecule has 2 rings (SSSR count). The van der Waals surface area contributed by atoms with Crippen LogP contribution in [-0.4, -0.2) is 44.9 Å². The number of hydrogen-bond acceptors (Lipinski definition) is 3. The molecule has 0 bridgehead atoms. The predicted molar refractivity (Wildman–Crippen MR) is 96.7 cm³/mol. The van der Waals surface area contributed by atoms with E-state index in [0.717, 1.165) is 30.8 Å². The van der Waals surface area contributed by atoms with Crippen molar-refractivity contribution in [2.24, 2.45) is 11.8 Å². The second-order valence-electron chi connectivity index (χ2n) is 7.39. The molecular formula is C18H30N4O3. The van der Waals surface area contributed by atoms with Gasteiger partial charge in [-0.2, -0.15) is 5.10 Å². The first kappa shape index (κ1) is 19.3. The van der Waals surface area contributed by atoms with E-state index in [1.54, 1.807) is 11.1 Å². The van der Waals surface area contributed by atoms with Gasteiger partial charge < -0.3 is 15.3 Å². The number of anilines is 1. The van der Waals surface area contributed by atoms with E-state index in [4.69, 9.17) is 0 Å². The van der Waals surface area contributed by atoms with Crippen LogP contribution in [0.2, 0.25) is 0 Å². The van der Waals surface area contributed by atoms with E-state index in [-0.39, 0.29) is 24.4 Å². The molecule has 0 aliphatic carbocycles. The zero-order chi connectivity index (χ0) is 18.6. The van der Waals surface area contributed by atoms with Crippen LogP contribution in [0.5, 0.6) is 0 Å². The molecule has 2 N–H and O–H groups in total. The molecule has 140 valence electrons. The Balaban J connectivity index is 2.11. The molecule has 0 radical (unpaired) electrons. The highest BCUT2D eigenvalue weighted by atomic mass is 16.4. The SMILES string of the molecule is CCCCn1ncc(NC(=O)N2CC(C)CC(C(=O)O)C2)c1C(C)C. The lowest BCUT2D eigenvalue weighted by atomic mass is 9.91. The highest BCUT2D eigenvalue weighted by Gasteiger charge is 2.32. The number of unbranched alkanes of at least 4 members (excludes halogenated alkanes) is 1. The lowest BCUT2D eigenvalue weighted by Crippen LogP contribution is -2.47. The largest absolute Gasteiger partial charge is 0.481 e. The zero-order valence-corrected chi connectivity index (χ0v) is 15.7. The van der Waals surface area contributed by atoms with Crippen LogP contribution in [0, 0.1) is 11.8 Å². The number of carbonyl (C=O) groups excluding carboxylic acids is 1. The molecular weight excluding hydrogens is 320 g/mol. The van der Waals surface area contributed by atoms with Crippen molar-refractivity contribution in [3.05, 3.63) is 11.9 Å². The normalized spacial score (nSPS) is 20.8. The third-order valence-electron chi connectivity index (χ3n) is 4.69. The monoisotopic (exact) mass is 350 g/mol. The average Bonchev–Trinajstić information content (AvgIpc) is 2.94. The maximum atomic E-state index is 12.7. The molecule has 7 heteroatoms. The molecule has 0 spiro atoms. The summed E-state index contributed by atoms with van der Waals surface area (Å²) in [5, 5.41) is 16.6. The highest BCUT2D eigenvalue weighted by Crippen LogP contribution is 2.26. The minimum Gasteiger partial charge on any atom is -0.481 e. The van der Waals surface area contributed by atoms with Gasteiger partial charge in [-0.25, -0.2) is 4.79 Å². The number of nitrogens with one attached hydrogen (secondary N) is 1. The number of piperidine rings is 1. The molecule has 2 unspecified atom stereocenters.